The predicted molar refractivity (Wildman–Crippen MR) is 86.4 cm³/mol. The molecule has 0 aliphatic carbocycles. The molecular weight excluding hydrogens is 294 g/mol. The van der Waals surface area contributed by atoms with E-state index in [1.807, 2.05) is 24.6 Å². The molecule has 0 unspecified atom stereocenters. The first-order valence-corrected chi connectivity index (χ1v) is 7.55. The number of nitrogens with zero attached hydrogens (tertiary/aromatic N) is 2. The summed E-state index contributed by atoms with van der Waals surface area (Å²) in [5.74, 6) is -1.10. The van der Waals surface area contributed by atoms with Crippen LogP contribution in [0.4, 0.5) is 0 Å². The van der Waals surface area contributed by atoms with Crippen molar-refractivity contribution >= 4 is 11.9 Å². The lowest BCUT2D eigenvalue weighted by Crippen LogP contribution is -2.27. The quantitative estimate of drug-likeness (QED) is 0.765. The Morgan fingerprint density at radius 2 is 2.04 bits per heavy atom. The van der Waals surface area contributed by atoms with Gasteiger partial charge in [-0.25, -0.2) is 4.79 Å². The third kappa shape index (κ3) is 4.95. The summed E-state index contributed by atoms with van der Waals surface area (Å²) in [7, 11) is 0. The van der Waals surface area contributed by atoms with E-state index >= 15 is 0 Å². The van der Waals surface area contributed by atoms with Crippen molar-refractivity contribution in [3.05, 3.63) is 52.8 Å². The minimum absolute atomic E-state index is 0.110. The highest BCUT2D eigenvalue weighted by molar-refractivity contribution is 5.88. The Morgan fingerprint density at radius 1 is 1.26 bits per heavy atom. The van der Waals surface area contributed by atoms with Crippen molar-refractivity contribution in [3.8, 4) is 0 Å². The van der Waals surface area contributed by atoms with Crippen LogP contribution in [0, 0.1) is 13.8 Å². The fourth-order valence-corrected chi connectivity index (χ4v) is 2.42. The normalized spacial score (nSPS) is 10.5. The zero-order chi connectivity index (χ0) is 16.8. The van der Waals surface area contributed by atoms with Gasteiger partial charge in [0.05, 0.1) is 17.7 Å². The minimum atomic E-state index is -0.989. The number of rotatable bonds is 7. The molecule has 1 amide bonds. The molecule has 2 rings (SSSR count). The van der Waals surface area contributed by atoms with Gasteiger partial charge in [0.25, 0.3) is 0 Å². The van der Waals surface area contributed by atoms with Gasteiger partial charge in [-0.05, 0) is 44.0 Å². The fraction of sp³-hybridized carbons (Fsp3) is 0.353. The molecule has 0 aliphatic heterocycles. The zero-order valence-electron chi connectivity index (χ0n) is 13.4. The van der Waals surface area contributed by atoms with Gasteiger partial charge >= 0.3 is 5.97 Å². The monoisotopic (exact) mass is 315 g/mol. The first-order chi connectivity index (χ1) is 11.0. The van der Waals surface area contributed by atoms with Gasteiger partial charge in [0.2, 0.25) is 5.91 Å². The highest BCUT2D eigenvalue weighted by Crippen LogP contribution is 2.06. The van der Waals surface area contributed by atoms with E-state index in [4.69, 9.17) is 5.11 Å². The van der Waals surface area contributed by atoms with E-state index in [1.165, 1.54) is 12.1 Å². The first kappa shape index (κ1) is 16.7. The van der Waals surface area contributed by atoms with Crippen molar-refractivity contribution < 1.29 is 14.7 Å². The number of carboxylic acids is 1. The summed E-state index contributed by atoms with van der Waals surface area (Å²) >= 11 is 0. The van der Waals surface area contributed by atoms with Gasteiger partial charge in [0.15, 0.2) is 0 Å². The van der Waals surface area contributed by atoms with E-state index in [2.05, 4.69) is 10.4 Å². The maximum absolute atomic E-state index is 11.9. The number of nitrogens with one attached hydrogen (secondary N) is 1. The molecule has 0 radical (unpaired) electrons. The molecule has 122 valence electrons. The molecule has 0 saturated heterocycles. The van der Waals surface area contributed by atoms with E-state index in [-0.39, 0.29) is 17.9 Å². The Hall–Kier alpha value is -2.63. The van der Waals surface area contributed by atoms with Crippen LogP contribution < -0.4 is 5.32 Å². The van der Waals surface area contributed by atoms with Crippen molar-refractivity contribution in [3.63, 3.8) is 0 Å². The molecule has 0 fully saturated rings. The van der Waals surface area contributed by atoms with Gasteiger partial charge in [-0.3, -0.25) is 9.48 Å². The number of hydrogen-bond acceptors (Lipinski definition) is 3. The van der Waals surface area contributed by atoms with Crippen molar-refractivity contribution in [2.75, 3.05) is 6.54 Å². The summed E-state index contributed by atoms with van der Waals surface area (Å²) in [6.45, 7) is 5.29. The Balaban J connectivity index is 1.76. The van der Waals surface area contributed by atoms with Crippen LogP contribution in [0.1, 0.15) is 33.7 Å². The van der Waals surface area contributed by atoms with Crippen LogP contribution in [0.2, 0.25) is 0 Å². The maximum Gasteiger partial charge on any atom is 0.335 e. The van der Waals surface area contributed by atoms with Crippen molar-refractivity contribution in [1.29, 1.82) is 0 Å². The van der Waals surface area contributed by atoms with E-state index in [9.17, 15) is 9.59 Å². The highest BCUT2D eigenvalue weighted by atomic mass is 16.4. The molecule has 1 aromatic heterocycles. The number of hydrogen-bond donors (Lipinski definition) is 2. The molecular formula is C17H21N3O3. The number of aromatic nitrogens is 2. The Kier molecular flexibility index (Phi) is 5.51. The van der Waals surface area contributed by atoms with Gasteiger partial charge in [0.1, 0.15) is 0 Å². The molecule has 0 saturated carbocycles. The fourth-order valence-electron chi connectivity index (χ4n) is 2.42. The second-order valence-corrected chi connectivity index (χ2v) is 5.54. The zero-order valence-corrected chi connectivity index (χ0v) is 13.4. The SMILES string of the molecule is Cc1cc(C)n(CCCNC(=O)Cc2cccc(C(=O)O)c2)n1. The summed E-state index contributed by atoms with van der Waals surface area (Å²) in [6.07, 6.45) is 0.976. The predicted octanol–water partition coefficient (Wildman–Crippen LogP) is 1.95. The highest BCUT2D eigenvalue weighted by Gasteiger charge is 2.07. The van der Waals surface area contributed by atoms with Crippen molar-refractivity contribution in [2.45, 2.75) is 33.2 Å². The van der Waals surface area contributed by atoms with Crippen molar-refractivity contribution in [2.24, 2.45) is 0 Å². The number of benzene rings is 1. The third-order valence-corrected chi connectivity index (χ3v) is 3.51. The van der Waals surface area contributed by atoms with E-state index < -0.39 is 5.97 Å². The van der Waals surface area contributed by atoms with E-state index in [0.29, 0.717) is 12.1 Å². The largest absolute Gasteiger partial charge is 0.478 e. The van der Waals surface area contributed by atoms with Gasteiger partial charge in [-0.15, -0.1) is 0 Å². The Morgan fingerprint density at radius 3 is 2.70 bits per heavy atom. The summed E-state index contributed by atoms with van der Waals surface area (Å²) in [5, 5.41) is 16.2. The molecule has 6 heteroatoms. The van der Waals surface area contributed by atoms with Gasteiger partial charge in [-0.2, -0.15) is 5.10 Å². The lowest BCUT2D eigenvalue weighted by atomic mass is 10.1. The maximum atomic E-state index is 11.9. The van der Waals surface area contributed by atoms with Crippen LogP contribution >= 0.6 is 0 Å². The molecule has 1 heterocycles. The topological polar surface area (TPSA) is 84.2 Å². The van der Waals surface area contributed by atoms with Gasteiger partial charge in [0, 0.05) is 18.8 Å². The number of aryl methyl sites for hydroxylation is 3. The number of carbonyl (C=O) groups excluding carboxylic acids is 1. The van der Waals surface area contributed by atoms with E-state index in [0.717, 1.165) is 24.4 Å². The molecule has 2 N–H and O–H groups in total. The Bertz CT molecular complexity index is 707. The van der Waals surface area contributed by atoms with Gasteiger partial charge in [-0.1, -0.05) is 12.1 Å². The average Bonchev–Trinajstić information content (AvgIpc) is 2.82. The van der Waals surface area contributed by atoms with Crippen LogP contribution in [-0.4, -0.2) is 33.3 Å². The molecule has 2 aromatic rings. The summed E-state index contributed by atoms with van der Waals surface area (Å²) in [6, 6.07) is 8.46. The van der Waals surface area contributed by atoms with Crippen LogP contribution in [0.15, 0.2) is 30.3 Å². The number of amides is 1. The van der Waals surface area contributed by atoms with Crippen molar-refractivity contribution in [1.82, 2.24) is 15.1 Å². The van der Waals surface area contributed by atoms with Crippen LogP contribution in [0.5, 0.6) is 0 Å². The molecule has 0 atom stereocenters. The number of aromatic carboxylic acids is 1. The minimum Gasteiger partial charge on any atom is -0.478 e. The smallest absolute Gasteiger partial charge is 0.335 e. The summed E-state index contributed by atoms with van der Waals surface area (Å²) in [5.41, 5.74) is 2.99. The summed E-state index contributed by atoms with van der Waals surface area (Å²) in [4.78, 5) is 22.8. The molecule has 6 nitrogen and oxygen atoms in total. The standard InChI is InChI=1S/C17H21N3O3/c1-12-9-13(2)20(19-12)8-4-7-18-16(21)11-14-5-3-6-15(10-14)17(22)23/h3,5-6,9-10H,4,7-8,11H2,1-2H3,(H,18,21)(H,22,23). The molecule has 0 aliphatic rings. The number of carbonyl (C=O) groups is 2. The van der Waals surface area contributed by atoms with Crippen LogP contribution in [-0.2, 0) is 17.8 Å². The van der Waals surface area contributed by atoms with Crippen LogP contribution in [0.3, 0.4) is 0 Å². The van der Waals surface area contributed by atoms with E-state index in [1.54, 1.807) is 12.1 Å². The number of carboxylic acid groups (broad SMARTS) is 1. The van der Waals surface area contributed by atoms with Gasteiger partial charge < -0.3 is 10.4 Å². The second-order valence-electron chi connectivity index (χ2n) is 5.54. The van der Waals surface area contributed by atoms with Crippen LogP contribution in [0.25, 0.3) is 0 Å². The molecule has 23 heavy (non-hydrogen) atoms. The lowest BCUT2D eigenvalue weighted by molar-refractivity contribution is -0.120. The third-order valence-electron chi connectivity index (χ3n) is 3.51. The lowest BCUT2D eigenvalue weighted by Gasteiger charge is -2.07. The first-order valence-electron chi connectivity index (χ1n) is 7.55. The molecule has 0 spiro atoms. The molecule has 0 bridgehead atoms. The average molecular weight is 315 g/mol. The second kappa shape index (κ2) is 7.58. The summed E-state index contributed by atoms with van der Waals surface area (Å²) < 4.78 is 1.93. The Labute approximate surface area is 135 Å². The molecule has 1 aromatic carbocycles.